The van der Waals surface area contributed by atoms with Gasteiger partial charge in [0, 0.05) is 37.7 Å². The molecule has 1 aliphatic carbocycles. The molecule has 3 fully saturated rings. The largest absolute Gasteiger partial charge is 0.462 e. The minimum atomic E-state index is -1.82. The molecule has 0 unspecified atom stereocenters. The van der Waals surface area contributed by atoms with Crippen molar-refractivity contribution in [3.05, 3.63) is 47.1 Å². The molecular weight excluding hydrogens is 542 g/mol. The van der Waals surface area contributed by atoms with Gasteiger partial charge in [0.2, 0.25) is 0 Å². The average Bonchev–Trinajstić information content (AvgIpc) is 3.30. The number of nitrogens with zero attached hydrogens (tertiary/aromatic N) is 1. The number of hydrogen-bond donors (Lipinski definition) is 4. The van der Waals surface area contributed by atoms with Crippen molar-refractivity contribution in [2.24, 2.45) is 22.9 Å². The molecule has 1 spiro atoms. The van der Waals surface area contributed by atoms with E-state index in [1.54, 1.807) is 25.2 Å². The lowest BCUT2D eigenvalue weighted by atomic mass is 9.71. The molecule has 4 N–H and O–H groups in total. The Morgan fingerprint density at radius 1 is 1.19 bits per heavy atom. The minimum absolute atomic E-state index is 0.0134. The molecule has 4 aliphatic heterocycles. The van der Waals surface area contributed by atoms with Crippen molar-refractivity contribution in [3.63, 3.8) is 0 Å². The summed E-state index contributed by atoms with van der Waals surface area (Å²) in [4.78, 5) is 14.0. The zero-order valence-electron chi connectivity index (χ0n) is 24.9. The SMILES string of the molecule is CC[C@H]1O[C@]2(CC[C@@H]1CO)C[C@@H]1C[C@@H](C/C=C(\C)[C@H](O)[C@@H](C)/C=C/C=C3\CO[C@@H]4/C(=N\O)C(C)=C[C@@H](C(=O)O1)[C@]34O)O2. The van der Waals surface area contributed by atoms with Crippen LogP contribution < -0.4 is 0 Å². The van der Waals surface area contributed by atoms with Crippen molar-refractivity contribution in [1.29, 1.82) is 0 Å². The number of carbonyl (C=O) groups excluding carboxylic acids is 1. The molecule has 10 nitrogen and oxygen atoms in total. The van der Waals surface area contributed by atoms with Gasteiger partial charge in [-0.3, -0.25) is 4.79 Å². The Bertz CT molecular complexity index is 1190. The monoisotopic (exact) mass is 587 g/mol. The van der Waals surface area contributed by atoms with Gasteiger partial charge in [-0.1, -0.05) is 49.4 Å². The van der Waals surface area contributed by atoms with E-state index in [-0.39, 0.29) is 43.0 Å². The number of ether oxygens (including phenoxy) is 4. The summed E-state index contributed by atoms with van der Waals surface area (Å²) in [6.07, 6.45) is 9.26. The molecule has 0 amide bonds. The zero-order chi connectivity index (χ0) is 30.2. The molecule has 0 saturated carbocycles. The minimum Gasteiger partial charge on any atom is -0.462 e. The van der Waals surface area contributed by atoms with E-state index in [4.69, 9.17) is 18.9 Å². The van der Waals surface area contributed by atoms with E-state index in [0.29, 0.717) is 43.3 Å². The van der Waals surface area contributed by atoms with Crippen LogP contribution in [0.25, 0.3) is 0 Å². The van der Waals surface area contributed by atoms with Crippen LogP contribution in [-0.2, 0) is 23.7 Å². The lowest BCUT2D eigenvalue weighted by molar-refractivity contribution is -0.337. The first kappa shape index (κ1) is 31.1. The fourth-order valence-electron chi connectivity index (χ4n) is 7.25. The van der Waals surface area contributed by atoms with E-state index < -0.39 is 41.6 Å². The van der Waals surface area contributed by atoms with Crippen LogP contribution in [0.5, 0.6) is 0 Å². The van der Waals surface area contributed by atoms with E-state index in [1.165, 1.54) is 0 Å². The maximum absolute atomic E-state index is 14.0. The number of aliphatic hydroxyl groups is 3. The first-order valence-corrected chi connectivity index (χ1v) is 15.2. The molecule has 232 valence electrons. The number of aliphatic hydroxyl groups excluding tert-OH is 2. The molecular formula is C32H45NO9. The van der Waals surface area contributed by atoms with Crippen molar-refractivity contribution in [3.8, 4) is 0 Å². The molecule has 0 aromatic heterocycles. The maximum atomic E-state index is 14.0. The summed E-state index contributed by atoms with van der Waals surface area (Å²) in [5.74, 6) is -2.88. The molecule has 10 heteroatoms. The second-order valence-electron chi connectivity index (χ2n) is 12.6. The lowest BCUT2D eigenvalue weighted by Gasteiger charge is -2.50. The molecule has 42 heavy (non-hydrogen) atoms. The molecule has 4 heterocycles. The van der Waals surface area contributed by atoms with Crippen molar-refractivity contribution in [1.82, 2.24) is 0 Å². The summed E-state index contributed by atoms with van der Waals surface area (Å²) in [5.41, 5.74) is 0.129. The van der Waals surface area contributed by atoms with Crippen LogP contribution in [-0.4, -0.2) is 87.3 Å². The van der Waals surface area contributed by atoms with E-state index in [1.807, 2.05) is 32.9 Å². The summed E-state index contributed by atoms with van der Waals surface area (Å²) >= 11 is 0. The Labute approximate surface area is 247 Å². The van der Waals surface area contributed by atoms with Crippen LogP contribution in [0.1, 0.15) is 66.2 Å². The zero-order valence-corrected chi connectivity index (χ0v) is 24.9. The van der Waals surface area contributed by atoms with Crippen molar-refractivity contribution < 1.29 is 44.3 Å². The van der Waals surface area contributed by atoms with Crippen molar-refractivity contribution in [2.75, 3.05) is 13.2 Å². The van der Waals surface area contributed by atoms with Crippen molar-refractivity contribution >= 4 is 11.7 Å². The first-order chi connectivity index (χ1) is 20.0. The van der Waals surface area contributed by atoms with Gasteiger partial charge >= 0.3 is 5.97 Å². The summed E-state index contributed by atoms with van der Waals surface area (Å²) in [6, 6.07) is 0. The predicted molar refractivity (Wildman–Crippen MR) is 154 cm³/mol. The molecule has 0 aromatic carbocycles. The first-order valence-electron chi connectivity index (χ1n) is 15.2. The molecule has 10 atom stereocenters. The molecule has 5 aliphatic rings. The van der Waals surface area contributed by atoms with Crippen LogP contribution in [0, 0.1) is 17.8 Å². The van der Waals surface area contributed by atoms with Crippen molar-refractivity contribution in [2.45, 2.75) is 108 Å². The van der Waals surface area contributed by atoms with Crippen LogP contribution in [0.15, 0.2) is 52.3 Å². The summed E-state index contributed by atoms with van der Waals surface area (Å²) in [6.45, 7) is 7.59. The van der Waals surface area contributed by atoms with Gasteiger partial charge in [-0.2, -0.15) is 0 Å². The van der Waals surface area contributed by atoms with E-state index in [2.05, 4.69) is 5.16 Å². The number of fused-ring (bicyclic) bond motifs is 2. The van der Waals surface area contributed by atoms with Gasteiger partial charge in [-0.15, -0.1) is 0 Å². The van der Waals surface area contributed by atoms with Crippen LogP contribution in [0.4, 0.5) is 0 Å². The van der Waals surface area contributed by atoms with Gasteiger partial charge < -0.3 is 39.5 Å². The average molecular weight is 588 g/mol. The highest BCUT2D eigenvalue weighted by atomic mass is 16.7. The van der Waals surface area contributed by atoms with E-state index in [0.717, 1.165) is 12.0 Å². The second-order valence-corrected chi connectivity index (χ2v) is 12.6. The third kappa shape index (κ3) is 5.65. The summed E-state index contributed by atoms with van der Waals surface area (Å²) in [7, 11) is 0. The Hall–Kier alpha value is -2.34. The molecule has 0 radical (unpaired) electrons. The second kappa shape index (κ2) is 12.3. The Morgan fingerprint density at radius 3 is 2.69 bits per heavy atom. The van der Waals surface area contributed by atoms with Crippen LogP contribution >= 0.6 is 0 Å². The van der Waals surface area contributed by atoms with E-state index >= 15 is 0 Å². The number of oxime groups is 1. The lowest BCUT2D eigenvalue weighted by Crippen LogP contribution is -2.57. The van der Waals surface area contributed by atoms with Gasteiger partial charge in [0.25, 0.3) is 0 Å². The highest BCUT2D eigenvalue weighted by Gasteiger charge is 2.59. The Balaban J connectivity index is 1.54. The number of carbonyl (C=O) groups is 1. The Morgan fingerprint density at radius 2 is 1.98 bits per heavy atom. The number of allylic oxidation sites excluding steroid dienone is 2. The smallest absolute Gasteiger partial charge is 0.316 e. The normalized spacial score (nSPS) is 47.1. The Kier molecular flexibility index (Phi) is 9.14. The number of hydrogen-bond acceptors (Lipinski definition) is 10. The highest BCUT2D eigenvalue weighted by molar-refractivity contribution is 6.06. The third-order valence-corrected chi connectivity index (χ3v) is 9.76. The standard InChI is InChI=1S/C32H45NO9/c1-5-26-21(16-34)11-12-31(42-26)15-24-14-23(41-31)10-9-19(3)28(35)18(2)7-6-8-22-17-39-29-27(33-38)20(4)13-25(30(36)40-24)32(22,29)37/h6-9,13,18,21,23-26,28-29,34-35,37-38H,5,10-12,14-17H2,1-4H3/b7-6+,19-9+,22-8+,33-27-/t18-,21+,23+,24-,25-,26+,28+,29+,31+,32+/m0/s1. The fraction of sp³-hybridized carbons (Fsp3) is 0.688. The van der Waals surface area contributed by atoms with Crippen LogP contribution in [0.3, 0.4) is 0 Å². The molecule has 5 rings (SSSR count). The third-order valence-electron chi connectivity index (χ3n) is 9.76. The quantitative estimate of drug-likeness (QED) is 0.165. The van der Waals surface area contributed by atoms with Gasteiger partial charge in [0.15, 0.2) is 5.79 Å². The van der Waals surface area contributed by atoms with Gasteiger partial charge in [0.1, 0.15) is 29.4 Å². The van der Waals surface area contributed by atoms with Gasteiger partial charge in [-0.05, 0) is 49.8 Å². The van der Waals surface area contributed by atoms with E-state index in [9.17, 15) is 25.3 Å². The summed E-state index contributed by atoms with van der Waals surface area (Å²) in [5, 5.41) is 46.2. The fourth-order valence-corrected chi connectivity index (χ4v) is 7.25. The molecule has 2 bridgehead atoms. The maximum Gasteiger partial charge on any atom is 0.316 e. The van der Waals surface area contributed by atoms with Gasteiger partial charge in [0.05, 0.1) is 24.9 Å². The van der Waals surface area contributed by atoms with Gasteiger partial charge in [-0.25, -0.2) is 0 Å². The number of esters is 1. The topological polar surface area (TPSA) is 147 Å². The molecule has 0 aromatic rings. The molecule has 3 saturated heterocycles. The van der Waals surface area contributed by atoms with Crippen LogP contribution in [0.2, 0.25) is 0 Å². The summed E-state index contributed by atoms with van der Waals surface area (Å²) < 4.78 is 25.2. The predicted octanol–water partition coefficient (Wildman–Crippen LogP) is 3.34. The number of rotatable bonds is 2. The highest BCUT2D eigenvalue weighted by Crippen LogP contribution is 2.46.